The SMILES string of the molecule is CC1NCCC1C(=O)N1CCN(Cc2cccnc2)CC1. The van der Waals surface area contributed by atoms with Gasteiger partial charge in [-0.1, -0.05) is 6.07 Å². The number of amides is 1. The second kappa shape index (κ2) is 6.54. The minimum absolute atomic E-state index is 0.176. The molecule has 1 N–H and O–H groups in total. The van der Waals surface area contributed by atoms with Crippen molar-refractivity contribution in [1.82, 2.24) is 20.1 Å². The molecule has 2 saturated heterocycles. The van der Waals surface area contributed by atoms with E-state index in [1.807, 2.05) is 17.2 Å². The lowest BCUT2D eigenvalue weighted by atomic mass is 10.00. The van der Waals surface area contributed by atoms with Gasteiger partial charge < -0.3 is 10.2 Å². The summed E-state index contributed by atoms with van der Waals surface area (Å²) in [6, 6.07) is 4.41. The lowest BCUT2D eigenvalue weighted by Gasteiger charge is -2.36. The van der Waals surface area contributed by atoms with Crippen LogP contribution in [0.25, 0.3) is 0 Å². The minimum atomic E-state index is 0.176. The zero-order chi connectivity index (χ0) is 14.7. The lowest BCUT2D eigenvalue weighted by Crippen LogP contribution is -2.51. The summed E-state index contributed by atoms with van der Waals surface area (Å²) >= 11 is 0. The van der Waals surface area contributed by atoms with Gasteiger partial charge >= 0.3 is 0 Å². The quantitative estimate of drug-likeness (QED) is 0.890. The maximum Gasteiger partial charge on any atom is 0.227 e. The van der Waals surface area contributed by atoms with Crippen molar-refractivity contribution in [3.8, 4) is 0 Å². The first-order chi connectivity index (χ1) is 10.2. The summed E-state index contributed by atoms with van der Waals surface area (Å²) in [6.45, 7) is 7.62. The third-order valence-corrected chi connectivity index (χ3v) is 4.66. The van der Waals surface area contributed by atoms with E-state index in [2.05, 4.69) is 28.2 Å². The molecule has 2 fully saturated rings. The monoisotopic (exact) mass is 288 g/mol. The molecule has 3 rings (SSSR count). The third-order valence-electron chi connectivity index (χ3n) is 4.66. The van der Waals surface area contributed by atoms with Gasteiger partial charge in [-0.15, -0.1) is 0 Å². The molecule has 2 aliphatic heterocycles. The molecule has 0 spiro atoms. The molecule has 1 aromatic heterocycles. The second-order valence-electron chi connectivity index (χ2n) is 6.10. The van der Waals surface area contributed by atoms with E-state index in [4.69, 9.17) is 0 Å². The van der Waals surface area contributed by atoms with Crippen molar-refractivity contribution < 1.29 is 4.79 Å². The topological polar surface area (TPSA) is 48.5 Å². The van der Waals surface area contributed by atoms with Crippen molar-refractivity contribution in [3.63, 3.8) is 0 Å². The number of hydrogen-bond donors (Lipinski definition) is 1. The highest BCUT2D eigenvalue weighted by atomic mass is 16.2. The first-order valence-corrected chi connectivity index (χ1v) is 7.87. The van der Waals surface area contributed by atoms with Crippen LogP contribution in [0.5, 0.6) is 0 Å². The van der Waals surface area contributed by atoms with Crippen molar-refractivity contribution in [2.75, 3.05) is 32.7 Å². The van der Waals surface area contributed by atoms with E-state index in [1.165, 1.54) is 5.56 Å². The van der Waals surface area contributed by atoms with E-state index in [9.17, 15) is 4.79 Å². The average molecular weight is 288 g/mol. The predicted molar refractivity (Wildman–Crippen MR) is 81.7 cm³/mol. The maximum atomic E-state index is 12.5. The highest BCUT2D eigenvalue weighted by Gasteiger charge is 2.33. The zero-order valence-electron chi connectivity index (χ0n) is 12.7. The molecule has 1 amide bonds. The number of nitrogens with zero attached hydrogens (tertiary/aromatic N) is 3. The first kappa shape index (κ1) is 14.5. The molecule has 3 heterocycles. The molecule has 2 unspecified atom stereocenters. The number of rotatable bonds is 3. The smallest absolute Gasteiger partial charge is 0.227 e. The number of pyridine rings is 1. The summed E-state index contributed by atoms with van der Waals surface area (Å²) in [5.74, 6) is 0.517. The van der Waals surface area contributed by atoms with Gasteiger partial charge in [0.2, 0.25) is 5.91 Å². The van der Waals surface area contributed by atoms with Crippen LogP contribution in [0.1, 0.15) is 18.9 Å². The van der Waals surface area contributed by atoms with Crippen molar-refractivity contribution in [1.29, 1.82) is 0 Å². The summed E-state index contributed by atoms with van der Waals surface area (Å²) < 4.78 is 0. The van der Waals surface area contributed by atoms with Gasteiger partial charge in [0.15, 0.2) is 0 Å². The number of carbonyl (C=O) groups is 1. The normalized spacial score (nSPS) is 27.0. The molecule has 0 saturated carbocycles. The van der Waals surface area contributed by atoms with Crippen molar-refractivity contribution in [2.45, 2.75) is 25.9 Å². The van der Waals surface area contributed by atoms with E-state index < -0.39 is 0 Å². The Labute approximate surface area is 126 Å². The predicted octanol–water partition coefficient (Wildman–Crippen LogP) is 0.724. The Hall–Kier alpha value is -1.46. The molecule has 2 aliphatic rings. The van der Waals surface area contributed by atoms with Crippen LogP contribution in [-0.2, 0) is 11.3 Å². The molecule has 1 aromatic rings. The Kier molecular flexibility index (Phi) is 4.51. The highest BCUT2D eigenvalue weighted by Crippen LogP contribution is 2.19. The molecule has 21 heavy (non-hydrogen) atoms. The Balaban J connectivity index is 1.50. The summed E-state index contributed by atoms with van der Waals surface area (Å²) in [7, 11) is 0. The number of aromatic nitrogens is 1. The summed E-state index contributed by atoms with van der Waals surface area (Å²) in [4.78, 5) is 21.1. The van der Waals surface area contributed by atoms with Gasteiger partial charge in [-0.3, -0.25) is 14.7 Å². The number of piperazine rings is 1. The van der Waals surface area contributed by atoms with Crippen molar-refractivity contribution >= 4 is 5.91 Å². The van der Waals surface area contributed by atoms with E-state index in [1.54, 1.807) is 6.20 Å². The average Bonchev–Trinajstić information content (AvgIpc) is 2.94. The minimum Gasteiger partial charge on any atom is -0.340 e. The number of nitrogens with one attached hydrogen (secondary N) is 1. The summed E-state index contributed by atoms with van der Waals surface area (Å²) in [6.07, 6.45) is 4.70. The van der Waals surface area contributed by atoms with E-state index in [-0.39, 0.29) is 5.92 Å². The molecule has 2 atom stereocenters. The fraction of sp³-hybridized carbons (Fsp3) is 0.625. The molecule has 0 aliphatic carbocycles. The molecular weight excluding hydrogens is 264 g/mol. The number of hydrogen-bond acceptors (Lipinski definition) is 4. The standard InChI is InChI=1S/C16H24N4O/c1-13-15(4-6-18-13)16(21)20-9-7-19(8-10-20)12-14-3-2-5-17-11-14/h2-3,5,11,13,15,18H,4,6-10,12H2,1H3. The van der Waals surface area contributed by atoms with Crippen LogP contribution in [0.15, 0.2) is 24.5 Å². The fourth-order valence-electron chi connectivity index (χ4n) is 3.31. The highest BCUT2D eigenvalue weighted by molar-refractivity contribution is 5.80. The lowest BCUT2D eigenvalue weighted by molar-refractivity contribution is -0.137. The van der Waals surface area contributed by atoms with Gasteiger partial charge in [-0.2, -0.15) is 0 Å². The Bertz CT molecular complexity index is 470. The van der Waals surface area contributed by atoms with Crippen LogP contribution in [0.4, 0.5) is 0 Å². The van der Waals surface area contributed by atoms with Gasteiger partial charge in [-0.25, -0.2) is 0 Å². The molecule has 5 heteroatoms. The third kappa shape index (κ3) is 3.41. The van der Waals surface area contributed by atoms with Crippen LogP contribution in [-0.4, -0.2) is 59.5 Å². The zero-order valence-corrected chi connectivity index (χ0v) is 12.7. The van der Waals surface area contributed by atoms with Crippen molar-refractivity contribution in [2.24, 2.45) is 5.92 Å². The summed E-state index contributed by atoms with van der Waals surface area (Å²) in [5.41, 5.74) is 1.24. The van der Waals surface area contributed by atoms with Gasteiger partial charge in [0.25, 0.3) is 0 Å². The summed E-state index contributed by atoms with van der Waals surface area (Å²) in [5, 5.41) is 3.37. The first-order valence-electron chi connectivity index (χ1n) is 7.87. The van der Waals surface area contributed by atoms with E-state index in [0.29, 0.717) is 11.9 Å². The maximum absolute atomic E-state index is 12.5. The Morgan fingerprint density at radius 3 is 2.81 bits per heavy atom. The largest absolute Gasteiger partial charge is 0.340 e. The molecule has 0 radical (unpaired) electrons. The van der Waals surface area contributed by atoms with Crippen molar-refractivity contribution in [3.05, 3.63) is 30.1 Å². The van der Waals surface area contributed by atoms with E-state index in [0.717, 1.165) is 45.7 Å². The van der Waals surface area contributed by atoms with Gasteiger partial charge in [0.1, 0.15) is 0 Å². The van der Waals surface area contributed by atoms with Gasteiger partial charge in [0, 0.05) is 51.2 Å². The Morgan fingerprint density at radius 2 is 2.19 bits per heavy atom. The second-order valence-corrected chi connectivity index (χ2v) is 6.10. The van der Waals surface area contributed by atoms with Gasteiger partial charge in [-0.05, 0) is 31.5 Å². The molecule has 0 bridgehead atoms. The van der Waals surface area contributed by atoms with Crippen LogP contribution in [0.3, 0.4) is 0 Å². The van der Waals surface area contributed by atoms with Crippen LogP contribution >= 0.6 is 0 Å². The van der Waals surface area contributed by atoms with Crippen LogP contribution in [0, 0.1) is 5.92 Å². The number of carbonyl (C=O) groups excluding carboxylic acids is 1. The molecule has 0 aromatic carbocycles. The van der Waals surface area contributed by atoms with Gasteiger partial charge in [0.05, 0.1) is 5.92 Å². The van der Waals surface area contributed by atoms with Crippen LogP contribution < -0.4 is 5.32 Å². The van der Waals surface area contributed by atoms with E-state index >= 15 is 0 Å². The Morgan fingerprint density at radius 1 is 1.38 bits per heavy atom. The molecular formula is C16H24N4O. The van der Waals surface area contributed by atoms with Crippen LogP contribution in [0.2, 0.25) is 0 Å². The molecule has 5 nitrogen and oxygen atoms in total. The fourth-order valence-corrected chi connectivity index (χ4v) is 3.31. The molecule has 114 valence electrons.